The normalized spacial score (nSPS) is 10.8. The van der Waals surface area contributed by atoms with Crippen LogP contribution in [-0.2, 0) is 11.3 Å². The highest BCUT2D eigenvalue weighted by molar-refractivity contribution is 5.82. The number of anilines is 1. The molecule has 5 nitrogen and oxygen atoms in total. The van der Waals surface area contributed by atoms with Gasteiger partial charge in [0.2, 0.25) is 11.9 Å². The summed E-state index contributed by atoms with van der Waals surface area (Å²) in [6.45, 7) is 5.11. The van der Waals surface area contributed by atoms with Crippen molar-refractivity contribution in [2.75, 3.05) is 12.3 Å². The summed E-state index contributed by atoms with van der Waals surface area (Å²) in [5.74, 6) is 0.495. The summed E-state index contributed by atoms with van der Waals surface area (Å²) in [6, 6.07) is 5.95. The lowest BCUT2D eigenvalue weighted by Crippen LogP contribution is -2.24. The van der Waals surface area contributed by atoms with Gasteiger partial charge >= 0.3 is 0 Å². The number of aryl methyl sites for hydroxylation is 2. The average Bonchev–Trinajstić information content (AvgIpc) is 2.65. The van der Waals surface area contributed by atoms with Crippen LogP contribution in [0.15, 0.2) is 18.2 Å². The first kappa shape index (κ1) is 12.4. The fraction of sp³-hybridized carbons (Fsp3) is 0.385. The molecule has 3 N–H and O–H groups in total. The molecule has 1 heterocycles. The Morgan fingerprint density at radius 1 is 1.50 bits per heavy atom. The Balaban J connectivity index is 2.25. The zero-order valence-corrected chi connectivity index (χ0v) is 10.7. The van der Waals surface area contributed by atoms with Crippen molar-refractivity contribution >= 4 is 22.9 Å². The first-order valence-corrected chi connectivity index (χ1v) is 6.11. The number of amides is 1. The number of rotatable bonds is 4. The van der Waals surface area contributed by atoms with Crippen LogP contribution in [0.4, 0.5) is 5.95 Å². The van der Waals surface area contributed by atoms with Crippen LogP contribution in [0.1, 0.15) is 18.9 Å². The maximum atomic E-state index is 11.5. The molecule has 2 rings (SSSR count). The van der Waals surface area contributed by atoms with Gasteiger partial charge < -0.3 is 15.6 Å². The molecule has 1 aromatic carbocycles. The van der Waals surface area contributed by atoms with E-state index in [0.29, 0.717) is 25.5 Å². The molecule has 18 heavy (non-hydrogen) atoms. The topological polar surface area (TPSA) is 72.9 Å². The lowest BCUT2D eigenvalue weighted by Gasteiger charge is -2.06. The number of hydrogen-bond acceptors (Lipinski definition) is 3. The summed E-state index contributed by atoms with van der Waals surface area (Å²) in [6.07, 6.45) is 0.414. The summed E-state index contributed by atoms with van der Waals surface area (Å²) >= 11 is 0. The van der Waals surface area contributed by atoms with Gasteiger partial charge in [0.05, 0.1) is 11.0 Å². The molecular weight excluding hydrogens is 228 g/mol. The third-order valence-corrected chi connectivity index (χ3v) is 2.95. The quantitative estimate of drug-likeness (QED) is 0.857. The minimum absolute atomic E-state index is 0.0337. The second-order valence-corrected chi connectivity index (χ2v) is 4.27. The fourth-order valence-electron chi connectivity index (χ4n) is 2.04. The lowest BCUT2D eigenvalue weighted by molar-refractivity contribution is -0.121. The van der Waals surface area contributed by atoms with E-state index in [-0.39, 0.29) is 5.91 Å². The van der Waals surface area contributed by atoms with Gasteiger partial charge in [-0.05, 0) is 25.5 Å². The van der Waals surface area contributed by atoms with Crippen molar-refractivity contribution in [3.8, 4) is 0 Å². The van der Waals surface area contributed by atoms with Crippen LogP contribution in [0.5, 0.6) is 0 Å². The van der Waals surface area contributed by atoms with Crippen molar-refractivity contribution in [1.82, 2.24) is 14.9 Å². The SMILES string of the molecule is CCNC(=O)CCn1c(N)nc2c(C)cccc21. The van der Waals surface area contributed by atoms with Crippen molar-refractivity contribution in [3.05, 3.63) is 23.8 Å². The number of imidazole rings is 1. The van der Waals surface area contributed by atoms with E-state index in [4.69, 9.17) is 5.73 Å². The number of nitrogen functional groups attached to an aromatic ring is 1. The fourth-order valence-corrected chi connectivity index (χ4v) is 2.04. The molecule has 0 spiro atoms. The van der Waals surface area contributed by atoms with Gasteiger partial charge in [0.25, 0.3) is 0 Å². The molecule has 0 aliphatic heterocycles. The maximum absolute atomic E-state index is 11.5. The molecule has 0 saturated carbocycles. The van der Waals surface area contributed by atoms with E-state index in [0.717, 1.165) is 16.6 Å². The predicted octanol–water partition coefficient (Wildman–Crippen LogP) is 1.45. The summed E-state index contributed by atoms with van der Waals surface area (Å²) < 4.78 is 1.89. The van der Waals surface area contributed by atoms with Crippen LogP contribution in [0.2, 0.25) is 0 Å². The van der Waals surface area contributed by atoms with Gasteiger partial charge in [-0.25, -0.2) is 4.98 Å². The number of nitrogens with zero attached hydrogens (tertiary/aromatic N) is 2. The molecule has 0 atom stereocenters. The van der Waals surface area contributed by atoms with Crippen molar-refractivity contribution in [2.24, 2.45) is 0 Å². The second-order valence-electron chi connectivity index (χ2n) is 4.27. The largest absolute Gasteiger partial charge is 0.369 e. The molecule has 0 saturated heterocycles. The molecule has 0 aliphatic rings. The van der Waals surface area contributed by atoms with E-state index in [1.807, 2.05) is 36.6 Å². The molecule has 96 valence electrons. The smallest absolute Gasteiger partial charge is 0.221 e. The Labute approximate surface area is 106 Å². The number of hydrogen-bond donors (Lipinski definition) is 2. The molecule has 0 radical (unpaired) electrons. The van der Waals surface area contributed by atoms with E-state index in [1.165, 1.54) is 0 Å². The number of benzene rings is 1. The minimum Gasteiger partial charge on any atom is -0.369 e. The molecule has 0 unspecified atom stereocenters. The van der Waals surface area contributed by atoms with Gasteiger partial charge in [0, 0.05) is 19.5 Å². The van der Waals surface area contributed by atoms with Gasteiger partial charge in [-0.3, -0.25) is 4.79 Å². The highest BCUT2D eigenvalue weighted by Crippen LogP contribution is 2.21. The Morgan fingerprint density at radius 2 is 2.28 bits per heavy atom. The Morgan fingerprint density at radius 3 is 3.00 bits per heavy atom. The van der Waals surface area contributed by atoms with Crippen LogP contribution >= 0.6 is 0 Å². The number of para-hydroxylation sites is 1. The monoisotopic (exact) mass is 246 g/mol. The van der Waals surface area contributed by atoms with E-state index >= 15 is 0 Å². The average molecular weight is 246 g/mol. The van der Waals surface area contributed by atoms with Crippen molar-refractivity contribution in [1.29, 1.82) is 0 Å². The minimum atomic E-state index is 0.0337. The summed E-state index contributed by atoms with van der Waals surface area (Å²) in [5.41, 5.74) is 8.89. The predicted molar refractivity (Wildman–Crippen MR) is 72.2 cm³/mol. The lowest BCUT2D eigenvalue weighted by atomic mass is 10.2. The van der Waals surface area contributed by atoms with Gasteiger partial charge in [-0.2, -0.15) is 0 Å². The zero-order chi connectivity index (χ0) is 13.1. The Hall–Kier alpha value is -2.04. The third kappa shape index (κ3) is 2.30. The zero-order valence-electron chi connectivity index (χ0n) is 10.7. The molecule has 1 aromatic heterocycles. The number of aromatic nitrogens is 2. The number of fused-ring (bicyclic) bond motifs is 1. The van der Waals surface area contributed by atoms with Gasteiger partial charge in [-0.15, -0.1) is 0 Å². The number of carbonyl (C=O) groups is 1. The van der Waals surface area contributed by atoms with Crippen molar-refractivity contribution in [3.63, 3.8) is 0 Å². The standard InChI is InChI=1S/C13H18N4O/c1-3-15-11(18)7-8-17-10-6-4-5-9(2)12(10)16-13(17)14/h4-6H,3,7-8H2,1-2H3,(H2,14,16)(H,15,18). The molecule has 5 heteroatoms. The first-order chi connectivity index (χ1) is 8.63. The molecule has 2 aromatic rings. The molecule has 0 aliphatic carbocycles. The molecular formula is C13H18N4O. The Kier molecular flexibility index (Phi) is 3.50. The first-order valence-electron chi connectivity index (χ1n) is 6.11. The summed E-state index contributed by atoms with van der Waals surface area (Å²) in [4.78, 5) is 15.8. The van der Waals surface area contributed by atoms with E-state index < -0.39 is 0 Å². The van der Waals surface area contributed by atoms with Crippen LogP contribution in [-0.4, -0.2) is 22.0 Å². The van der Waals surface area contributed by atoms with Gasteiger partial charge in [0.15, 0.2) is 0 Å². The molecule has 0 fully saturated rings. The van der Waals surface area contributed by atoms with Crippen molar-refractivity contribution in [2.45, 2.75) is 26.8 Å². The maximum Gasteiger partial charge on any atom is 0.221 e. The number of carbonyl (C=O) groups excluding carboxylic acids is 1. The van der Waals surface area contributed by atoms with Gasteiger partial charge in [0.1, 0.15) is 0 Å². The van der Waals surface area contributed by atoms with Crippen LogP contribution in [0, 0.1) is 6.92 Å². The highest BCUT2D eigenvalue weighted by atomic mass is 16.1. The number of nitrogens with two attached hydrogens (primary N) is 1. The van der Waals surface area contributed by atoms with Crippen LogP contribution in [0.3, 0.4) is 0 Å². The van der Waals surface area contributed by atoms with E-state index in [9.17, 15) is 4.79 Å². The number of nitrogens with one attached hydrogen (secondary N) is 1. The van der Waals surface area contributed by atoms with Crippen LogP contribution < -0.4 is 11.1 Å². The molecule has 0 bridgehead atoms. The summed E-state index contributed by atoms with van der Waals surface area (Å²) in [5, 5.41) is 2.77. The Bertz CT molecular complexity index is 574. The highest BCUT2D eigenvalue weighted by Gasteiger charge is 2.10. The third-order valence-electron chi connectivity index (χ3n) is 2.95. The second kappa shape index (κ2) is 5.08. The van der Waals surface area contributed by atoms with E-state index in [1.54, 1.807) is 0 Å². The molecule has 1 amide bonds. The summed E-state index contributed by atoms with van der Waals surface area (Å²) in [7, 11) is 0. The van der Waals surface area contributed by atoms with Crippen LogP contribution in [0.25, 0.3) is 11.0 Å². The van der Waals surface area contributed by atoms with Gasteiger partial charge in [-0.1, -0.05) is 12.1 Å². The van der Waals surface area contributed by atoms with Crippen molar-refractivity contribution < 1.29 is 4.79 Å². The van der Waals surface area contributed by atoms with E-state index in [2.05, 4.69) is 10.3 Å².